The summed E-state index contributed by atoms with van der Waals surface area (Å²) >= 11 is 7.88. The molecular weight excluding hydrogens is 242 g/mol. The topological polar surface area (TPSA) is 21.3 Å². The molecule has 1 unspecified atom stereocenters. The lowest BCUT2D eigenvalue weighted by Crippen LogP contribution is -2.26. The molecular formula is C12H18ClNOS. The van der Waals surface area contributed by atoms with Gasteiger partial charge in [-0.25, -0.2) is 0 Å². The summed E-state index contributed by atoms with van der Waals surface area (Å²) in [4.78, 5) is 1.14. The first-order valence-electron chi connectivity index (χ1n) is 5.35. The molecule has 2 nitrogen and oxygen atoms in total. The average molecular weight is 260 g/mol. The second-order valence-corrected chi connectivity index (χ2v) is 5.44. The zero-order valence-electron chi connectivity index (χ0n) is 9.70. The predicted molar refractivity (Wildman–Crippen MR) is 71.5 cm³/mol. The molecule has 0 radical (unpaired) electrons. The van der Waals surface area contributed by atoms with Crippen molar-refractivity contribution in [2.45, 2.75) is 17.1 Å². The van der Waals surface area contributed by atoms with E-state index < -0.39 is 0 Å². The molecule has 0 aliphatic heterocycles. The highest BCUT2D eigenvalue weighted by Gasteiger charge is 2.06. The number of rotatable bonds is 7. The van der Waals surface area contributed by atoms with Gasteiger partial charge < -0.3 is 10.1 Å². The molecule has 0 aliphatic carbocycles. The molecule has 1 rings (SSSR count). The van der Waals surface area contributed by atoms with E-state index >= 15 is 0 Å². The van der Waals surface area contributed by atoms with E-state index in [1.165, 1.54) is 0 Å². The van der Waals surface area contributed by atoms with Gasteiger partial charge in [0.25, 0.3) is 0 Å². The lowest BCUT2D eigenvalue weighted by Gasteiger charge is -2.13. The Morgan fingerprint density at radius 3 is 2.88 bits per heavy atom. The third kappa shape index (κ3) is 5.21. The van der Waals surface area contributed by atoms with E-state index in [9.17, 15) is 0 Å². The Morgan fingerprint density at radius 2 is 2.19 bits per heavy atom. The van der Waals surface area contributed by atoms with Crippen molar-refractivity contribution in [2.75, 3.05) is 26.8 Å². The number of nitrogens with one attached hydrogen (secondary N) is 1. The normalized spacial score (nSPS) is 12.7. The van der Waals surface area contributed by atoms with Crippen LogP contribution in [0.3, 0.4) is 0 Å². The van der Waals surface area contributed by atoms with Crippen molar-refractivity contribution in [1.82, 2.24) is 5.32 Å². The van der Waals surface area contributed by atoms with Gasteiger partial charge in [-0.15, -0.1) is 11.8 Å². The van der Waals surface area contributed by atoms with Gasteiger partial charge >= 0.3 is 0 Å². The van der Waals surface area contributed by atoms with Gasteiger partial charge in [0.15, 0.2) is 0 Å². The van der Waals surface area contributed by atoms with Crippen molar-refractivity contribution in [3.63, 3.8) is 0 Å². The average Bonchev–Trinajstić information content (AvgIpc) is 2.28. The van der Waals surface area contributed by atoms with Gasteiger partial charge in [-0.1, -0.05) is 30.7 Å². The summed E-state index contributed by atoms with van der Waals surface area (Å²) in [6.07, 6.45) is 0. The van der Waals surface area contributed by atoms with Crippen LogP contribution in [0.5, 0.6) is 0 Å². The van der Waals surface area contributed by atoms with Crippen molar-refractivity contribution in [1.29, 1.82) is 0 Å². The third-order valence-corrected chi connectivity index (χ3v) is 3.70. The molecule has 0 heterocycles. The fourth-order valence-corrected chi connectivity index (χ4v) is 2.52. The first-order chi connectivity index (χ1) is 7.74. The lowest BCUT2D eigenvalue weighted by atomic mass is 10.4. The molecule has 1 atom stereocenters. The minimum atomic E-state index is 0.497. The summed E-state index contributed by atoms with van der Waals surface area (Å²) in [5.74, 6) is 0. The Kier molecular flexibility index (Phi) is 6.88. The molecule has 0 saturated heterocycles. The standard InChI is InChI=1S/C12H18ClNOS/c1-10(9-14-7-8-15-2)16-12-6-4-3-5-11(12)13/h3-6,10,14H,7-9H2,1-2H3. The Hall–Kier alpha value is -0.220. The number of ether oxygens (including phenoxy) is 1. The number of benzene rings is 1. The minimum absolute atomic E-state index is 0.497. The van der Waals surface area contributed by atoms with Crippen LogP contribution in [0.1, 0.15) is 6.92 Å². The van der Waals surface area contributed by atoms with E-state index in [1.807, 2.05) is 18.2 Å². The molecule has 0 aromatic heterocycles. The second-order valence-electron chi connectivity index (χ2n) is 3.56. The quantitative estimate of drug-likeness (QED) is 0.601. The number of halogens is 1. The molecule has 90 valence electrons. The molecule has 4 heteroatoms. The summed E-state index contributed by atoms with van der Waals surface area (Å²) in [6.45, 7) is 4.79. The first-order valence-corrected chi connectivity index (χ1v) is 6.60. The monoisotopic (exact) mass is 259 g/mol. The maximum atomic E-state index is 6.09. The molecule has 0 spiro atoms. The molecule has 0 saturated carbocycles. The maximum Gasteiger partial charge on any atom is 0.0587 e. The zero-order chi connectivity index (χ0) is 11.8. The van der Waals surface area contributed by atoms with E-state index in [2.05, 4.69) is 18.3 Å². The molecule has 0 amide bonds. The van der Waals surface area contributed by atoms with E-state index in [0.717, 1.165) is 29.6 Å². The van der Waals surface area contributed by atoms with Crippen LogP contribution in [0.4, 0.5) is 0 Å². The highest BCUT2D eigenvalue weighted by molar-refractivity contribution is 8.00. The van der Waals surface area contributed by atoms with Gasteiger partial charge in [0.1, 0.15) is 0 Å². The second kappa shape index (κ2) is 7.96. The Bertz CT molecular complexity index is 309. The summed E-state index contributed by atoms with van der Waals surface area (Å²) in [5.41, 5.74) is 0. The minimum Gasteiger partial charge on any atom is -0.383 e. The van der Waals surface area contributed by atoms with Crippen molar-refractivity contribution in [3.8, 4) is 0 Å². The highest BCUT2D eigenvalue weighted by Crippen LogP contribution is 2.29. The van der Waals surface area contributed by atoms with Gasteiger partial charge in [0.2, 0.25) is 0 Å². The van der Waals surface area contributed by atoms with Gasteiger partial charge in [-0.3, -0.25) is 0 Å². The summed E-state index contributed by atoms with van der Waals surface area (Å²) in [7, 11) is 1.71. The van der Waals surface area contributed by atoms with Crippen LogP contribution in [-0.2, 0) is 4.74 Å². The molecule has 0 fully saturated rings. The SMILES string of the molecule is COCCNCC(C)Sc1ccccc1Cl. The van der Waals surface area contributed by atoms with E-state index in [4.69, 9.17) is 16.3 Å². The summed E-state index contributed by atoms with van der Waals surface area (Å²) in [5, 5.41) is 4.66. The number of methoxy groups -OCH3 is 1. The van der Waals surface area contributed by atoms with Crippen molar-refractivity contribution >= 4 is 23.4 Å². The van der Waals surface area contributed by atoms with Crippen LogP contribution in [0.25, 0.3) is 0 Å². The third-order valence-electron chi connectivity index (χ3n) is 2.08. The molecule has 0 aliphatic rings. The fourth-order valence-electron chi connectivity index (χ4n) is 1.28. The van der Waals surface area contributed by atoms with E-state index in [0.29, 0.717) is 5.25 Å². The summed E-state index contributed by atoms with van der Waals surface area (Å²) in [6, 6.07) is 7.95. The van der Waals surface area contributed by atoms with Crippen LogP contribution in [0.2, 0.25) is 5.02 Å². The molecule has 1 aromatic rings. The lowest BCUT2D eigenvalue weighted by molar-refractivity contribution is 0.199. The number of hydrogen-bond acceptors (Lipinski definition) is 3. The van der Waals surface area contributed by atoms with Crippen molar-refractivity contribution in [2.24, 2.45) is 0 Å². The molecule has 0 bridgehead atoms. The smallest absolute Gasteiger partial charge is 0.0587 e. The van der Waals surface area contributed by atoms with E-state index in [1.54, 1.807) is 18.9 Å². The number of hydrogen-bond donors (Lipinski definition) is 1. The molecule has 1 N–H and O–H groups in total. The maximum absolute atomic E-state index is 6.09. The predicted octanol–water partition coefficient (Wildman–Crippen LogP) is 3.06. The van der Waals surface area contributed by atoms with Crippen molar-refractivity contribution in [3.05, 3.63) is 29.3 Å². The summed E-state index contributed by atoms with van der Waals surface area (Å²) < 4.78 is 4.97. The Morgan fingerprint density at radius 1 is 1.44 bits per heavy atom. The van der Waals surface area contributed by atoms with Crippen LogP contribution in [-0.4, -0.2) is 32.1 Å². The van der Waals surface area contributed by atoms with Crippen molar-refractivity contribution < 1.29 is 4.74 Å². The molecule has 1 aromatic carbocycles. The van der Waals surface area contributed by atoms with Gasteiger partial charge in [-0.05, 0) is 12.1 Å². The van der Waals surface area contributed by atoms with Crippen LogP contribution < -0.4 is 5.32 Å². The van der Waals surface area contributed by atoms with E-state index in [-0.39, 0.29) is 0 Å². The Balaban J connectivity index is 2.28. The highest BCUT2D eigenvalue weighted by atomic mass is 35.5. The molecule has 16 heavy (non-hydrogen) atoms. The van der Waals surface area contributed by atoms with Gasteiger partial charge in [0, 0.05) is 30.3 Å². The Labute approximate surface area is 107 Å². The zero-order valence-corrected chi connectivity index (χ0v) is 11.3. The van der Waals surface area contributed by atoms with Gasteiger partial charge in [-0.2, -0.15) is 0 Å². The van der Waals surface area contributed by atoms with Crippen LogP contribution >= 0.6 is 23.4 Å². The van der Waals surface area contributed by atoms with Crippen LogP contribution in [0.15, 0.2) is 29.2 Å². The fraction of sp³-hybridized carbons (Fsp3) is 0.500. The van der Waals surface area contributed by atoms with Crippen LogP contribution in [0, 0.1) is 0 Å². The number of thioether (sulfide) groups is 1. The largest absolute Gasteiger partial charge is 0.383 e. The first kappa shape index (κ1) is 13.8. The van der Waals surface area contributed by atoms with Gasteiger partial charge in [0.05, 0.1) is 11.6 Å².